The van der Waals surface area contributed by atoms with Crippen LogP contribution >= 0.6 is 0 Å². The van der Waals surface area contributed by atoms with Gasteiger partial charge in [0.05, 0.1) is 18.3 Å². The maximum atomic E-state index is 12.5. The zero-order valence-electron chi connectivity index (χ0n) is 17.3. The third kappa shape index (κ3) is 3.84. The van der Waals surface area contributed by atoms with Gasteiger partial charge in [-0.15, -0.1) is 0 Å². The molecule has 0 N–H and O–H groups in total. The van der Waals surface area contributed by atoms with E-state index in [1.54, 1.807) is 0 Å². The van der Waals surface area contributed by atoms with E-state index >= 15 is 0 Å². The number of carbonyl (C=O) groups is 1. The van der Waals surface area contributed by atoms with Gasteiger partial charge in [-0.25, -0.2) is 4.79 Å². The van der Waals surface area contributed by atoms with Crippen LogP contribution < -0.4 is 10.4 Å². The molecule has 0 bridgehead atoms. The van der Waals surface area contributed by atoms with Crippen LogP contribution in [0.3, 0.4) is 0 Å². The van der Waals surface area contributed by atoms with Crippen molar-refractivity contribution >= 4 is 24.7 Å². The highest BCUT2D eigenvalue weighted by atomic mass is 28.4. The molecule has 1 atom stereocenters. The van der Waals surface area contributed by atoms with E-state index in [1.165, 1.54) is 10.4 Å². The Kier molecular flexibility index (Phi) is 6.21. The van der Waals surface area contributed by atoms with Gasteiger partial charge in [0.15, 0.2) is 0 Å². The molecule has 1 unspecified atom stereocenters. The standard InChI is InChI=1S/C24H30O3Si/c1-5-26-23(25)21-17-12-18-22(21)27-28(24(2,3)4,19-13-8-6-9-14-19)20-15-10-7-11-16-20/h6-11,13-17,22H,5,12,18H2,1-4H3. The quantitative estimate of drug-likeness (QED) is 0.544. The van der Waals surface area contributed by atoms with Crippen LogP contribution in [0.2, 0.25) is 5.04 Å². The lowest BCUT2D eigenvalue weighted by atomic mass is 10.2. The maximum absolute atomic E-state index is 12.5. The van der Waals surface area contributed by atoms with E-state index < -0.39 is 8.32 Å². The minimum absolute atomic E-state index is 0.113. The molecule has 3 rings (SSSR count). The van der Waals surface area contributed by atoms with Crippen LogP contribution in [0.15, 0.2) is 72.3 Å². The molecular weight excluding hydrogens is 364 g/mol. The molecule has 4 heteroatoms. The third-order valence-electron chi connectivity index (χ3n) is 5.39. The molecule has 3 nitrogen and oxygen atoms in total. The van der Waals surface area contributed by atoms with Crippen LogP contribution in [0, 0.1) is 0 Å². The van der Waals surface area contributed by atoms with Gasteiger partial charge in [0.1, 0.15) is 0 Å². The Hall–Kier alpha value is -2.17. The second kappa shape index (κ2) is 8.46. The predicted molar refractivity (Wildman–Crippen MR) is 116 cm³/mol. The summed E-state index contributed by atoms with van der Waals surface area (Å²) in [4.78, 5) is 12.5. The van der Waals surface area contributed by atoms with Gasteiger partial charge >= 0.3 is 5.97 Å². The molecule has 148 valence electrons. The van der Waals surface area contributed by atoms with E-state index in [2.05, 4.69) is 69.3 Å². The van der Waals surface area contributed by atoms with Gasteiger partial charge in [0.25, 0.3) is 8.32 Å². The van der Waals surface area contributed by atoms with Crippen LogP contribution in [0.4, 0.5) is 0 Å². The summed E-state index contributed by atoms with van der Waals surface area (Å²) in [7, 11) is -2.67. The first-order valence-electron chi connectivity index (χ1n) is 10.1. The number of allylic oxidation sites excluding steroid dienone is 1. The smallest absolute Gasteiger partial charge is 0.336 e. The monoisotopic (exact) mass is 394 g/mol. The number of hydrogen-bond acceptors (Lipinski definition) is 3. The van der Waals surface area contributed by atoms with Crippen molar-refractivity contribution in [2.24, 2.45) is 0 Å². The van der Waals surface area contributed by atoms with Crippen molar-refractivity contribution in [2.75, 3.05) is 6.61 Å². The first kappa shape index (κ1) is 20.6. The van der Waals surface area contributed by atoms with Crippen molar-refractivity contribution in [1.82, 2.24) is 0 Å². The minimum Gasteiger partial charge on any atom is -0.463 e. The lowest BCUT2D eigenvalue weighted by Gasteiger charge is -2.45. The van der Waals surface area contributed by atoms with E-state index in [1.807, 2.05) is 25.1 Å². The van der Waals surface area contributed by atoms with Crippen molar-refractivity contribution in [1.29, 1.82) is 0 Å². The Morgan fingerprint density at radius 3 is 2.00 bits per heavy atom. The topological polar surface area (TPSA) is 35.5 Å². The summed E-state index contributed by atoms with van der Waals surface area (Å²) in [5, 5.41) is 2.34. The van der Waals surface area contributed by atoms with Crippen molar-refractivity contribution in [3.63, 3.8) is 0 Å². The molecule has 1 aliphatic carbocycles. The van der Waals surface area contributed by atoms with Crippen LogP contribution in [0.25, 0.3) is 0 Å². The molecular formula is C24H30O3Si. The Balaban J connectivity index is 2.12. The normalized spacial score (nSPS) is 17.3. The summed E-state index contributed by atoms with van der Waals surface area (Å²) >= 11 is 0. The molecule has 0 radical (unpaired) electrons. The second-order valence-corrected chi connectivity index (χ2v) is 12.5. The van der Waals surface area contributed by atoms with Crippen molar-refractivity contribution in [3.8, 4) is 0 Å². The summed E-state index contributed by atoms with van der Waals surface area (Å²) in [6.07, 6.45) is 3.42. The Morgan fingerprint density at radius 2 is 1.54 bits per heavy atom. The molecule has 0 aliphatic heterocycles. The minimum atomic E-state index is -2.67. The van der Waals surface area contributed by atoms with Crippen LogP contribution in [0.1, 0.15) is 40.5 Å². The first-order valence-corrected chi connectivity index (χ1v) is 12.0. The van der Waals surface area contributed by atoms with E-state index in [9.17, 15) is 4.79 Å². The van der Waals surface area contributed by atoms with Crippen LogP contribution in [0.5, 0.6) is 0 Å². The van der Waals surface area contributed by atoms with Crippen molar-refractivity contribution in [2.45, 2.75) is 51.7 Å². The Morgan fingerprint density at radius 1 is 1.00 bits per heavy atom. The molecule has 0 amide bonds. The molecule has 0 saturated carbocycles. The van der Waals surface area contributed by atoms with Crippen molar-refractivity contribution < 1.29 is 14.0 Å². The second-order valence-electron chi connectivity index (χ2n) is 8.23. The molecule has 2 aromatic carbocycles. The van der Waals surface area contributed by atoms with Gasteiger partial charge < -0.3 is 9.16 Å². The number of hydrogen-bond donors (Lipinski definition) is 0. The highest BCUT2D eigenvalue weighted by Gasteiger charge is 2.52. The van der Waals surface area contributed by atoms with E-state index in [0.717, 1.165) is 12.8 Å². The zero-order chi connectivity index (χ0) is 20.2. The molecule has 0 aromatic heterocycles. The highest BCUT2D eigenvalue weighted by molar-refractivity contribution is 6.99. The third-order valence-corrected chi connectivity index (χ3v) is 10.4. The summed E-state index contributed by atoms with van der Waals surface area (Å²) in [6, 6.07) is 21.1. The van der Waals surface area contributed by atoms with Gasteiger partial charge in [-0.05, 0) is 35.2 Å². The largest absolute Gasteiger partial charge is 0.463 e. The average molecular weight is 395 g/mol. The number of carbonyl (C=O) groups excluding carboxylic acids is 1. The fourth-order valence-corrected chi connectivity index (χ4v) is 8.82. The SMILES string of the molecule is CCOC(=O)C1=CCCC1O[Si](c1ccccc1)(c1ccccc1)C(C)(C)C. The van der Waals surface area contributed by atoms with Gasteiger partial charge in [0.2, 0.25) is 0 Å². The summed E-state index contributed by atoms with van der Waals surface area (Å²) in [6.45, 7) is 8.97. The van der Waals surface area contributed by atoms with Gasteiger partial charge in [0, 0.05) is 0 Å². The molecule has 0 spiro atoms. The van der Waals surface area contributed by atoms with E-state index in [4.69, 9.17) is 9.16 Å². The molecule has 2 aromatic rings. The zero-order valence-corrected chi connectivity index (χ0v) is 18.3. The first-order chi connectivity index (χ1) is 13.4. The fourth-order valence-electron chi connectivity index (χ4n) is 4.13. The number of ether oxygens (including phenoxy) is 1. The fraction of sp³-hybridized carbons (Fsp3) is 0.375. The van der Waals surface area contributed by atoms with Gasteiger partial charge in [-0.1, -0.05) is 87.5 Å². The summed E-state index contributed by atoms with van der Waals surface area (Å²) in [5.41, 5.74) is 0.676. The number of esters is 1. The van der Waals surface area contributed by atoms with E-state index in [-0.39, 0.29) is 17.1 Å². The van der Waals surface area contributed by atoms with Gasteiger partial charge in [-0.2, -0.15) is 0 Å². The number of rotatable bonds is 6. The molecule has 28 heavy (non-hydrogen) atoms. The Labute approximate surface area is 169 Å². The Bertz CT molecular complexity index is 782. The maximum Gasteiger partial charge on any atom is 0.336 e. The predicted octanol–water partition coefficient (Wildman–Crippen LogP) is 4.21. The van der Waals surface area contributed by atoms with Gasteiger partial charge in [-0.3, -0.25) is 0 Å². The van der Waals surface area contributed by atoms with E-state index in [0.29, 0.717) is 12.2 Å². The lowest BCUT2D eigenvalue weighted by molar-refractivity contribution is -0.139. The molecule has 1 aliphatic rings. The average Bonchev–Trinajstić information content (AvgIpc) is 3.15. The van der Waals surface area contributed by atoms with Crippen LogP contribution in [-0.4, -0.2) is 27.0 Å². The highest BCUT2D eigenvalue weighted by Crippen LogP contribution is 2.39. The lowest BCUT2D eigenvalue weighted by Crippen LogP contribution is -2.67. The van der Waals surface area contributed by atoms with Crippen LogP contribution in [-0.2, 0) is 14.0 Å². The summed E-state index contributed by atoms with van der Waals surface area (Å²) in [5.74, 6) is -0.247. The summed E-state index contributed by atoms with van der Waals surface area (Å²) < 4.78 is 12.4. The molecule has 0 heterocycles. The molecule has 0 saturated heterocycles. The number of benzene rings is 2. The van der Waals surface area contributed by atoms with Crippen molar-refractivity contribution in [3.05, 3.63) is 72.3 Å². The molecule has 0 fully saturated rings.